The minimum Gasteiger partial charge on any atom is -0.488 e. The average molecular weight is 557 g/mol. The van der Waals surface area contributed by atoms with Gasteiger partial charge in [-0.3, -0.25) is 4.79 Å². The molecule has 0 radical (unpaired) electrons. The van der Waals surface area contributed by atoms with Gasteiger partial charge in [0, 0.05) is 18.2 Å². The van der Waals surface area contributed by atoms with Crippen molar-refractivity contribution in [3.8, 4) is 23.1 Å². The van der Waals surface area contributed by atoms with Gasteiger partial charge in [-0.25, -0.2) is 4.98 Å². The molecule has 0 aliphatic rings. The number of hydrogen-bond donors (Lipinski definition) is 2. The molecule has 9 nitrogen and oxygen atoms in total. The first kappa shape index (κ1) is 28.1. The summed E-state index contributed by atoms with van der Waals surface area (Å²) in [7, 11) is 3.93. The summed E-state index contributed by atoms with van der Waals surface area (Å²) in [6.07, 6.45) is 1.50. The van der Waals surface area contributed by atoms with Crippen LogP contribution in [0.5, 0.6) is 23.1 Å². The third kappa shape index (κ3) is 6.49. The van der Waals surface area contributed by atoms with Gasteiger partial charge < -0.3 is 33.7 Å². The van der Waals surface area contributed by atoms with E-state index in [4.69, 9.17) is 18.6 Å². The highest BCUT2D eigenvalue weighted by molar-refractivity contribution is 5.93. The second kappa shape index (κ2) is 12.4. The maximum Gasteiger partial charge on any atom is 0.219 e. The molecule has 5 rings (SSSR count). The number of aromatic nitrogens is 1. The van der Waals surface area contributed by atoms with Crippen molar-refractivity contribution in [2.24, 2.45) is 0 Å². The van der Waals surface area contributed by atoms with E-state index in [1.54, 1.807) is 30.3 Å². The van der Waals surface area contributed by atoms with Gasteiger partial charge in [0.1, 0.15) is 30.3 Å². The van der Waals surface area contributed by atoms with Gasteiger partial charge in [0.15, 0.2) is 11.3 Å². The van der Waals surface area contributed by atoms with Gasteiger partial charge in [0.05, 0.1) is 30.2 Å². The lowest BCUT2D eigenvalue weighted by Crippen LogP contribution is -2.19. The summed E-state index contributed by atoms with van der Waals surface area (Å²) in [5.41, 5.74) is 3.69. The molecule has 0 aliphatic carbocycles. The van der Waals surface area contributed by atoms with Crippen LogP contribution in [-0.4, -0.2) is 47.3 Å². The molecule has 9 heteroatoms. The highest BCUT2D eigenvalue weighted by Gasteiger charge is 2.15. The molecule has 0 fully saturated rings. The lowest BCUT2D eigenvalue weighted by molar-refractivity contribution is 0.251. The number of aryl methyl sites for hydroxylation is 1. The van der Waals surface area contributed by atoms with Gasteiger partial charge in [0.25, 0.3) is 0 Å². The molecule has 0 bridgehead atoms. The van der Waals surface area contributed by atoms with Crippen LogP contribution in [0.1, 0.15) is 22.3 Å². The summed E-state index contributed by atoms with van der Waals surface area (Å²) in [6, 6.07) is 17.7. The third-order valence-corrected chi connectivity index (χ3v) is 6.54. The van der Waals surface area contributed by atoms with Crippen LogP contribution in [0.3, 0.4) is 0 Å². The van der Waals surface area contributed by atoms with Crippen LogP contribution in [0, 0.1) is 6.92 Å². The van der Waals surface area contributed by atoms with Crippen molar-refractivity contribution in [1.29, 1.82) is 0 Å². The minimum atomic E-state index is -0.294. The largest absolute Gasteiger partial charge is 0.488 e. The van der Waals surface area contributed by atoms with Crippen molar-refractivity contribution in [2.45, 2.75) is 26.7 Å². The lowest BCUT2D eigenvalue weighted by Gasteiger charge is -2.14. The predicted molar refractivity (Wildman–Crippen MR) is 156 cm³/mol. The smallest absolute Gasteiger partial charge is 0.219 e. The van der Waals surface area contributed by atoms with Crippen LogP contribution in [0.15, 0.2) is 76.1 Å². The van der Waals surface area contributed by atoms with Crippen molar-refractivity contribution in [2.75, 3.05) is 27.2 Å². The molecule has 41 heavy (non-hydrogen) atoms. The quantitative estimate of drug-likeness (QED) is 0.218. The Morgan fingerprint density at radius 2 is 1.66 bits per heavy atom. The number of fused-ring (bicyclic) bond motifs is 2. The topological polar surface area (TPSA) is 114 Å². The fraction of sp³-hybridized carbons (Fsp3) is 0.250. The van der Waals surface area contributed by atoms with Gasteiger partial charge in [-0.1, -0.05) is 24.3 Å². The molecule has 2 aromatic heterocycles. The second-order valence-electron chi connectivity index (χ2n) is 10.0. The molecule has 0 amide bonds. The van der Waals surface area contributed by atoms with Crippen molar-refractivity contribution in [3.05, 3.63) is 99.3 Å². The van der Waals surface area contributed by atoms with E-state index in [1.165, 1.54) is 6.20 Å². The number of nitrogens with zero attached hydrogens (tertiary/aromatic N) is 2. The Hall–Kier alpha value is -4.44. The number of aliphatic hydroxyl groups excluding tert-OH is 2. The Bertz CT molecular complexity index is 1730. The number of hydrogen-bond acceptors (Lipinski definition) is 9. The molecule has 0 spiro atoms. The molecule has 0 unspecified atom stereocenters. The van der Waals surface area contributed by atoms with E-state index >= 15 is 0 Å². The van der Waals surface area contributed by atoms with Gasteiger partial charge in [0.2, 0.25) is 11.3 Å². The molecular weight excluding hydrogens is 524 g/mol. The number of benzene rings is 3. The van der Waals surface area contributed by atoms with Crippen LogP contribution in [0.25, 0.3) is 21.9 Å². The number of ether oxygens (including phenoxy) is 3. The highest BCUT2D eigenvalue weighted by Crippen LogP contribution is 2.32. The van der Waals surface area contributed by atoms with Gasteiger partial charge in [-0.15, -0.1) is 0 Å². The molecule has 0 saturated carbocycles. The van der Waals surface area contributed by atoms with E-state index in [9.17, 15) is 15.0 Å². The number of rotatable bonds is 11. The summed E-state index contributed by atoms with van der Waals surface area (Å²) in [5.74, 6) is 1.63. The predicted octanol–water partition coefficient (Wildman–Crippen LogP) is 4.95. The van der Waals surface area contributed by atoms with E-state index in [0.29, 0.717) is 57.2 Å². The zero-order chi connectivity index (χ0) is 28.9. The molecule has 5 aromatic rings. The summed E-state index contributed by atoms with van der Waals surface area (Å²) in [5, 5.41) is 20.0. The van der Waals surface area contributed by atoms with Crippen LogP contribution in [0.4, 0.5) is 0 Å². The Kier molecular flexibility index (Phi) is 8.49. The van der Waals surface area contributed by atoms with Crippen LogP contribution in [-0.2, 0) is 19.8 Å². The van der Waals surface area contributed by atoms with E-state index in [0.717, 1.165) is 23.2 Å². The van der Waals surface area contributed by atoms with E-state index in [2.05, 4.69) is 4.98 Å². The normalized spacial score (nSPS) is 11.4. The number of likely N-dealkylation sites (N-methyl/N-ethyl adjacent to an activating group) is 1. The minimum absolute atomic E-state index is 0.0229. The first-order valence-corrected chi connectivity index (χ1v) is 13.2. The fourth-order valence-corrected chi connectivity index (χ4v) is 4.36. The van der Waals surface area contributed by atoms with Crippen LogP contribution >= 0.6 is 0 Å². The zero-order valence-electron chi connectivity index (χ0n) is 23.2. The zero-order valence-corrected chi connectivity index (χ0v) is 23.2. The fourth-order valence-electron chi connectivity index (χ4n) is 4.36. The molecule has 0 aliphatic heterocycles. The summed E-state index contributed by atoms with van der Waals surface area (Å²) in [4.78, 5) is 19.7. The Morgan fingerprint density at radius 1 is 0.878 bits per heavy atom. The molecule has 0 saturated heterocycles. The first-order chi connectivity index (χ1) is 19.8. The standard InChI is InChI=1S/C32H32N2O7/c1-20-12-27-30(37)26-9-8-24(15-28(26)41-31(27)29(13-20)38-11-10-34(2)3)40-25-14-23(18-36)32(33-16-25)39-19-22-6-4-21(17-35)5-7-22/h4-9,12-16,35-36H,10-11,17-19H2,1-3H3. The summed E-state index contributed by atoms with van der Waals surface area (Å²) < 4.78 is 24.0. The molecular formula is C32H32N2O7. The van der Waals surface area contributed by atoms with Crippen molar-refractivity contribution in [1.82, 2.24) is 9.88 Å². The van der Waals surface area contributed by atoms with Crippen molar-refractivity contribution in [3.63, 3.8) is 0 Å². The van der Waals surface area contributed by atoms with Crippen LogP contribution in [0.2, 0.25) is 0 Å². The third-order valence-electron chi connectivity index (χ3n) is 6.54. The van der Waals surface area contributed by atoms with Gasteiger partial charge >= 0.3 is 0 Å². The van der Waals surface area contributed by atoms with Crippen LogP contribution < -0.4 is 19.6 Å². The van der Waals surface area contributed by atoms with E-state index in [-0.39, 0.29) is 25.2 Å². The monoisotopic (exact) mass is 556 g/mol. The van der Waals surface area contributed by atoms with E-state index < -0.39 is 0 Å². The van der Waals surface area contributed by atoms with Gasteiger partial charge in [-0.2, -0.15) is 0 Å². The SMILES string of the molecule is Cc1cc(OCCN(C)C)c2oc3cc(Oc4cnc(OCc5ccc(CO)cc5)c(CO)c4)ccc3c(=O)c2c1. The van der Waals surface area contributed by atoms with Crippen molar-refractivity contribution < 1.29 is 28.8 Å². The number of pyridine rings is 1. The molecule has 212 valence electrons. The Morgan fingerprint density at radius 3 is 2.39 bits per heavy atom. The van der Waals surface area contributed by atoms with E-state index in [1.807, 2.05) is 56.3 Å². The second-order valence-corrected chi connectivity index (χ2v) is 10.0. The molecule has 3 aromatic carbocycles. The van der Waals surface area contributed by atoms with Crippen molar-refractivity contribution >= 4 is 21.9 Å². The Balaban J connectivity index is 1.39. The number of aliphatic hydroxyl groups is 2. The average Bonchev–Trinajstić information content (AvgIpc) is 2.97. The molecule has 2 heterocycles. The Labute approximate surface area is 237 Å². The summed E-state index contributed by atoms with van der Waals surface area (Å²) in [6.45, 7) is 3.02. The van der Waals surface area contributed by atoms with Gasteiger partial charge in [-0.05, 0) is 68.0 Å². The summed E-state index contributed by atoms with van der Waals surface area (Å²) >= 11 is 0. The maximum absolute atomic E-state index is 13.3. The lowest BCUT2D eigenvalue weighted by atomic mass is 10.1. The molecule has 0 atom stereocenters. The highest BCUT2D eigenvalue weighted by atomic mass is 16.5. The first-order valence-electron chi connectivity index (χ1n) is 13.2. The maximum atomic E-state index is 13.3. The molecule has 2 N–H and O–H groups in total.